The minimum absolute atomic E-state index is 0.389. The minimum atomic E-state index is 0.389. The number of ether oxygens (including phenoxy) is 1. The normalized spacial score (nSPS) is 39.6. The SMILES string of the molecule is CCNCC1(CN2CCCC3CCCC32)CCOC1. The van der Waals surface area contributed by atoms with Crippen molar-refractivity contribution in [2.75, 3.05) is 39.4 Å². The first-order valence-corrected chi connectivity index (χ1v) is 8.35. The maximum atomic E-state index is 5.74. The summed E-state index contributed by atoms with van der Waals surface area (Å²) >= 11 is 0. The quantitative estimate of drug-likeness (QED) is 0.826. The summed E-state index contributed by atoms with van der Waals surface area (Å²) in [5, 5.41) is 3.57. The second-order valence-electron chi connectivity index (χ2n) is 6.95. The molecule has 0 spiro atoms. The number of rotatable bonds is 5. The van der Waals surface area contributed by atoms with E-state index >= 15 is 0 Å². The third kappa shape index (κ3) is 2.98. The van der Waals surface area contributed by atoms with E-state index in [0.717, 1.165) is 38.3 Å². The van der Waals surface area contributed by atoms with Gasteiger partial charge in [0.2, 0.25) is 0 Å². The molecule has 1 aliphatic carbocycles. The van der Waals surface area contributed by atoms with Gasteiger partial charge in [0.25, 0.3) is 0 Å². The summed E-state index contributed by atoms with van der Waals surface area (Å²) in [7, 11) is 0. The second-order valence-corrected chi connectivity index (χ2v) is 6.95. The van der Waals surface area contributed by atoms with Gasteiger partial charge in [-0.1, -0.05) is 13.3 Å². The van der Waals surface area contributed by atoms with E-state index in [4.69, 9.17) is 4.74 Å². The third-order valence-electron chi connectivity index (χ3n) is 5.58. The summed E-state index contributed by atoms with van der Waals surface area (Å²) in [6, 6.07) is 0.896. The molecule has 3 unspecified atom stereocenters. The highest BCUT2D eigenvalue weighted by Gasteiger charge is 2.41. The second kappa shape index (κ2) is 6.11. The summed E-state index contributed by atoms with van der Waals surface area (Å²) in [5.74, 6) is 1.01. The highest BCUT2D eigenvalue weighted by Crippen LogP contribution is 2.39. The lowest BCUT2D eigenvalue weighted by Crippen LogP contribution is -2.51. The van der Waals surface area contributed by atoms with Gasteiger partial charge in [-0.15, -0.1) is 0 Å². The number of nitrogens with one attached hydrogen (secondary N) is 1. The number of nitrogens with zero attached hydrogens (tertiary/aromatic N) is 1. The van der Waals surface area contributed by atoms with Gasteiger partial charge in [-0.25, -0.2) is 0 Å². The lowest BCUT2D eigenvalue weighted by Gasteiger charge is -2.43. The van der Waals surface area contributed by atoms with Gasteiger partial charge in [0.15, 0.2) is 0 Å². The molecule has 3 heteroatoms. The van der Waals surface area contributed by atoms with Crippen molar-refractivity contribution in [2.45, 2.75) is 51.5 Å². The topological polar surface area (TPSA) is 24.5 Å². The lowest BCUT2D eigenvalue weighted by atomic mass is 9.83. The van der Waals surface area contributed by atoms with Crippen molar-refractivity contribution in [1.82, 2.24) is 10.2 Å². The first-order chi connectivity index (χ1) is 9.33. The van der Waals surface area contributed by atoms with Crippen LogP contribution in [0.25, 0.3) is 0 Å². The van der Waals surface area contributed by atoms with Crippen molar-refractivity contribution in [3.8, 4) is 0 Å². The number of hydrogen-bond donors (Lipinski definition) is 1. The molecule has 0 aromatic heterocycles. The van der Waals surface area contributed by atoms with Crippen LogP contribution in [-0.2, 0) is 4.74 Å². The van der Waals surface area contributed by atoms with Crippen LogP contribution in [0.2, 0.25) is 0 Å². The van der Waals surface area contributed by atoms with Crippen molar-refractivity contribution < 1.29 is 4.74 Å². The Kier molecular flexibility index (Phi) is 4.45. The van der Waals surface area contributed by atoms with Gasteiger partial charge in [-0.05, 0) is 51.1 Å². The number of likely N-dealkylation sites (tertiary alicyclic amines) is 1. The van der Waals surface area contributed by atoms with E-state index in [1.165, 1.54) is 51.6 Å². The largest absolute Gasteiger partial charge is 0.381 e. The summed E-state index contributed by atoms with van der Waals surface area (Å²) in [6.45, 7) is 8.94. The lowest BCUT2D eigenvalue weighted by molar-refractivity contribution is 0.0494. The summed E-state index contributed by atoms with van der Waals surface area (Å²) in [5.41, 5.74) is 0.389. The zero-order valence-corrected chi connectivity index (χ0v) is 12.5. The van der Waals surface area contributed by atoms with Gasteiger partial charge in [-0.2, -0.15) is 0 Å². The van der Waals surface area contributed by atoms with Crippen LogP contribution in [0.3, 0.4) is 0 Å². The molecule has 3 rings (SSSR count). The van der Waals surface area contributed by atoms with Crippen LogP contribution in [0.1, 0.15) is 45.4 Å². The number of piperidine rings is 1. The van der Waals surface area contributed by atoms with E-state index in [0.29, 0.717) is 5.41 Å². The van der Waals surface area contributed by atoms with E-state index in [2.05, 4.69) is 17.1 Å². The molecule has 1 saturated carbocycles. The summed E-state index contributed by atoms with van der Waals surface area (Å²) in [4.78, 5) is 2.83. The monoisotopic (exact) mass is 266 g/mol. The minimum Gasteiger partial charge on any atom is -0.381 e. The van der Waals surface area contributed by atoms with Gasteiger partial charge in [0.1, 0.15) is 0 Å². The fraction of sp³-hybridized carbons (Fsp3) is 1.00. The van der Waals surface area contributed by atoms with Gasteiger partial charge in [0.05, 0.1) is 6.61 Å². The smallest absolute Gasteiger partial charge is 0.0547 e. The van der Waals surface area contributed by atoms with Crippen LogP contribution in [0.4, 0.5) is 0 Å². The van der Waals surface area contributed by atoms with E-state index < -0.39 is 0 Å². The fourth-order valence-electron chi connectivity index (χ4n) is 4.54. The molecule has 3 atom stereocenters. The van der Waals surface area contributed by atoms with E-state index in [9.17, 15) is 0 Å². The van der Waals surface area contributed by atoms with Crippen molar-refractivity contribution in [2.24, 2.45) is 11.3 Å². The molecule has 2 aliphatic heterocycles. The molecule has 3 nitrogen and oxygen atoms in total. The Morgan fingerprint density at radius 2 is 2.16 bits per heavy atom. The van der Waals surface area contributed by atoms with Gasteiger partial charge < -0.3 is 10.1 Å². The van der Waals surface area contributed by atoms with Crippen molar-refractivity contribution in [1.29, 1.82) is 0 Å². The molecule has 3 fully saturated rings. The van der Waals surface area contributed by atoms with Crippen molar-refractivity contribution in [3.05, 3.63) is 0 Å². The van der Waals surface area contributed by atoms with Crippen LogP contribution in [0.5, 0.6) is 0 Å². The first-order valence-electron chi connectivity index (χ1n) is 8.35. The average Bonchev–Trinajstić information content (AvgIpc) is 3.06. The van der Waals surface area contributed by atoms with Crippen LogP contribution < -0.4 is 5.32 Å². The highest BCUT2D eigenvalue weighted by atomic mass is 16.5. The molecule has 110 valence electrons. The van der Waals surface area contributed by atoms with Crippen LogP contribution in [0.15, 0.2) is 0 Å². The Bertz CT molecular complexity index is 288. The van der Waals surface area contributed by atoms with Gasteiger partial charge >= 0.3 is 0 Å². The zero-order chi connectivity index (χ0) is 13.1. The maximum absolute atomic E-state index is 5.74. The fourth-order valence-corrected chi connectivity index (χ4v) is 4.54. The highest BCUT2D eigenvalue weighted by molar-refractivity contribution is 4.95. The van der Waals surface area contributed by atoms with Crippen LogP contribution >= 0.6 is 0 Å². The Hall–Kier alpha value is -0.120. The van der Waals surface area contributed by atoms with Gasteiger partial charge in [0, 0.05) is 31.2 Å². The Morgan fingerprint density at radius 1 is 1.26 bits per heavy atom. The maximum Gasteiger partial charge on any atom is 0.0547 e. The molecule has 0 aromatic rings. The van der Waals surface area contributed by atoms with Gasteiger partial charge in [-0.3, -0.25) is 4.90 Å². The predicted molar refractivity (Wildman–Crippen MR) is 78.3 cm³/mol. The Labute approximate surface area is 118 Å². The van der Waals surface area contributed by atoms with Crippen molar-refractivity contribution >= 4 is 0 Å². The van der Waals surface area contributed by atoms with Crippen LogP contribution in [0, 0.1) is 11.3 Å². The Balaban J connectivity index is 1.63. The zero-order valence-electron chi connectivity index (χ0n) is 12.5. The standard InChI is InChI=1S/C16H30N2O/c1-2-17-11-16(8-10-19-13-16)12-18-9-4-6-14-5-3-7-15(14)18/h14-15,17H,2-13H2,1H3. The molecule has 0 radical (unpaired) electrons. The summed E-state index contributed by atoms with van der Waals surface area (Å²) in [6.07, 6.45) is 8.54. The average molecular weight is 266 g/mol. The van der Waals surface area contributed by atoms with Crippen molar-refractivity contribution in [3.63, 3.8) is 0 Å². The molecule has 0 aromatic carbocycles. The third-order valence-corrected chi connectivity index (χ3v) is 5.58. The van der Waals surface area contributed by atoms with E-state index in [1.807, 2.05) is 0 Å². The Morgan fingerprint density at radius 3 is 2.95 bits per heavy atom. The predicted octanol–water partition coefficient (Wildman–Crippen LogP) is 2.27. The molecule has 0 amide bonds. The molecular formula is C16H30N2O. The molecule has 19 heavy (non-hydrogen) atoms. The molecule has 2 saturated heterocycles. The molecule has 0 bridgehead atoms. The summed E-state index contributed by atoms with van der Waals surface area (Å²) < 4.78 is 5.74. The molecule has 1 N–H and O–H groups in total. The molecule has 2 heterocycles. The molecule has 3 aliphatic rings. The van der Waals surface area contributed by atoms with Crippen LogP contribution in [-0.4, -0.2) is 50.3 Å². The first kappa shape index (κ1) is 13.8. The molecular weight excluding hydrogens is 236 g/mol. The number of fused-ring (bicyclic) bond motifs is 1. The van der Waals surface area contributed by atoms with E-state index in [1.54, 1.807) is 0 Å². The number of hydrogen-bond acceptors (Lipinski definition) is 3. The van der Waals surface area contributed by atoms with E-state index in [-0.39, 0.29) is 0 Å².